The van der Waals surface area contributed by atoms with Crippen molar-refractivity contribution in [2.75, 3.05) is 10.6 Å². The van der Waals surface area contributed by atoms with Crippen molar-refractivity contribution < 1.29 is 9.59 Å². The Labute approximate surface area is 220 Å². The molecule has 2 aromatic carbocycles. The van der Waals surface area contributed by atoms with Crippen LogP contribution >= 0.6 is 22.7 Å². The maximum absolute atomic E-state index is 13.4. The quantitative estimate of drug-likeness (QED) is 0.296. The summed E-state index contributed by atoms with van der Waals surface area (Å²) in [6.45, 7) is 5.27. The number of thiazole rings is 1. The number of thiophene rings is 1. The number of amides is 2. The van der Waals surface area contributed by atoms with Crippen molar-refractivity contribution >= 4 is 55.5 Å². The molecule has 2 amide bonds. The van der Waals surface area contributed by atoms with Crippen molar-refractivity contribution in [3.8, 4) is 11.3 Å². The number of aryl methyl sites for hydroxylation is 2. The third-order valence-corrected chi connectivity index (χ3v) is 8.03. The number of carbonyl (C=O) groups is 2. The summed E-state index contributed by atoms with van der Waals surface area (Å²) in [5.41, 5.74) is 3.52. The Bertz CT molecular complexity index is 1690. The molecular weight excluding hydrogens is 506 g/mol. The minimum atomic E-state index is -0.836. The average molecular weight is 530 g/mol. The lowest BCUT2D eigenvalue weighted by molar-refractivity contribution is -0.118. The normalized spacial score (nSPS) is 11.9. The van der Waals surface area contributed by atoms with Crippen LogP contribution in [-0.4, -0.2) is 26.3 Å². The van der Waals surface area contributed by atoms with Crippen LogP contribution in [0.1, 0.15) is 33.8 Å². The van der Waals surface area contributed by atoms with E-state index < -0.39 is 6.04 Å². The molecule has 0 spiro atoms. The number of carbonyl (C=O) groups excluding carboxylic acids is 2. The van der Waals surface area contributed by atoms with Crippen LogP contribution in [0.15, 0.2) is 71.1 Å². The van der Waals surface area contributed by atoms with Crippen molar-refractivity contribution in [3.63, 3.8) is 0 Å². The van der Waals surface area contributed by atoms with Gasteiger partial charge in [0.2, 0.25) is 5.91 Å². The largest absolute Gasteiger partial charge is 0.321 e. The Balaban J connectivity index is 1.38. The van der Waals surface area contributed by atoms with Crippen LogP contribution < -0.4 is 16.2 Å². The van der Waals surface area contributed by atoms with Crippen molar-refractivity contribution in [1.82, 2.24) is 14.5 Å². The zero-order valence-corrected chi connectivity index (χ0v) is 21.9. The van der Waals surface area contributed by atoms with E-state index in [0.717, 1.165) is 28.2 Å². The molecule has 3 aromatic heterocycles. The Morgan fingerprint density at radius 3 is 2.49 bits per heavy atom. The molecule has 0 radical (unpaired) electrons. The van der Waals surface area contributed by atoms with Crippen LogP contribution in [0, 0.1) is 13.8 Å². The predicted octanol–water partition coefficient (Wildman–Crippen LogP) is 5.65. The number of hydrogen-bond donors (Lipinski definition) is 2. The van der Waals surface area contributed by atoms with Gasteiger partial charge in [-0.15, -0.1) is 22.7 Å². The van der Waals surface area contributed by atoms with Gasteiger partial charge in [0.05, 0.1) is 22.3 Å². The molecule has 0 saturated carbocycles. The SMILES string of the molecule is Cc1ccccc1NC(=O)c1sc2ncn(C(C)C(=O)Nc3nc(-c4ccccc4)cs3)c(=O)c2c1C. The van der Waals surface area contributed by atoms with E-state index in [2.05, 4.69) is 20.6 Å². The molecule has 0 aliphatic heterocycles. The Kier molecular flexibility index (Phi) is 6.68. The fourth-order valence-electron chi connectivity index (χ4n) is 3.93. The third kappa shape index (κ3) is 4.81. The van der Waals surface area contributed by atoms with Crippen molar-refractivity contribution in [2.45, 2.75) is 26.8 Å². The molecule has 0 saturated heterocycles. The summed E-state index contributed by atoms with van der Waals surface area (Å²) < 4.78 is 1.28. The molecule has 186 valence electrons. The number of anilines is 2. The minimum absolute atomic E-state index is 0.301. The molecule has 0 aliphatic carbocycles. The molecule has 3 heterocycles. The van der Waals surface area contributed by atoms with Gasteiger partial charge in [-0.25, -0.2) is 9.97 Å². The number of aromatic nitrogens is 3. The van der Waals surface area contributed by atoms with E-state index in [1.165, 1.54) is 22.2 Å². The van der Waals surface area contributed by atoms with Gasteiger partial charge in [0.15, 0.2) is 5.13 Å². The Morgan fingerprint density at radius 2 is 1.73 bits per heavy atom. The van der Waals surface area contributed by atoms with E-state index in [1.54, 1.807) is 13.8 Å². The Morgan fingerprint density at radius 1 is 1.00 bits per heavy atom. The highest BCUT2D eigenvalue weighted by molar-refractivity contribution is 7.20. The molecule has 1 atom stereocenters. The summed E-state index contributed by atoms with van der Waals surface area (Å²) in [7, 11) is 0. The van der Waals surface area contributed by atoms with Gasteiger partial charge in [-0.2, -0.15) is 0 Å². The summed E-state index contributed by atoms with van der Waals surface area (Å²) in [6.07, 6.45) is 1.35. The monoisotopic (exact) mass is 529 g/mol. The average Bonchev–Trinajstić information content (AvgIpc) is 3.50. The first-order valence-electron chi connectivity index (χ1n) is 11.5. The molecule has 1 unspecified atom stereocenters. The van der Waals surface area contributed by atoms with Crippen LogP contribution in [0.25, 0.3) is 21.5 Å². The zero-order chi connectivity index (χ0) is 26.1. The van der Waals surface area contributed by atoms with E-state index in [9.17, 15) is 14.4 Å². The molecule has 5 aromatic rings. The maximum atomic E-state index is 13.4. The first-order valence-corrected chi connectivity index (χ1v) is 13.2. The zero-order valence-electron chi connectivity index (χ0n) is 20.3. The van der Waals surface area contributed by atoms with Crippen LogP contribution in [0.3, 0.4) is 0 Å². The van der Waals surface area contributed by atoms with Gasteiger partial charge in [0.25, 0.3) is 11.5 Å². The third-order valence-electron chi connectivity index (χ3n) is 6.08. The highest BCUT2D eigenvalue weighted by Gasteiger charge is 2.24. The van der Waals surface area contributed by atoms with E-state index in [-0.39, 0.29) is 17.4 Å². The molecule has 37 heavy (non-hydrogen) atoms. The number of nitrogens with one attached hydrogen (secondary N) is 2. The minimum Gasteiger partial charge on any atom is -0.321 e. The highest BCUT2D eigenvalue weighted by Crippen LogP contribution is 2.29. The number of rotatable bonds is 6. The molecule has 0 aliphatic rings. The lowest BCUT2D eigenvalue weighted by Crippen LogP contribution is -2.31. The molecular formula is C27H23N5O3S2. The van der Waals surface area contributed by atoms with Crippen LogP contribution in [-0.2, 0) is 4.79 Å². The van der Waals surface area contributed by atoms with Crippen LogP contribution in [0.4, 0.5) is 10.8 Å². The summed E-state index contributed by atoms with van der Waals surface area (Å²) in [4.78, 5) is 49.1. The van der Waals surface area contributed by atoms with Crippen molar-refractivity contribution in [2.24, 2.45) is 0 Å². The molecule has 2 N–H and O–H groups in total. The number of hydrogen-bond acceptors (Lipinski definition) is 7. The maximum Gasteiger partial charge on any atom is 0.266 e. The first kappa shape index (κ1) is 24.5. The van der Waals surface area contributed by atoms with Crippen LogP contribution in [0.2, 0.25) is 0 Å². The highest BCUT2D eigenvalue weighted by atomic mass is 32.1. The topological polar surface area (TPSA) is 106 Å². The van der Waals surface area contributed by atoms with Crippen LogP contribution in [0.5, 0.6) is 0 Å². The smallest absolute Gasteiger partial charge is 0.266 e. The van der Waals surface area contributed by atoms with Gasteiger partial charge in [-0.05, 0) is 38.0 Å². The fraction of sp³-hybridized carbons (Fsp3) is 0.148. The second-order valence-electron chi connectivity index (χ2n) is 8.53. The van der Waals surface area contributed by atoms with E-state index in [4.69, 9.17) is 0 Å². The number of benzene rings is 2. The summed E-state index contributed by atoms with van der Waals surface area (Å²) in [5, 5.41) is 8.35. The van der Waals surface area contributed by atoms with E-state index in [0.29, 0.717) is 31.5 Å². The predicted molar refractivity (Wildman–Crippen MR) is 149 cm³/mol. The molecule has 0 bridgehead atoms. The molecule has 8 nitrogen and oxygen atoms in total. The van der Waals surface area contributed by atoms with E-state index >= 15 is 0 Å². The number of fused-ring (bicyclic) bond motifs is 1. The van der Waals surface area contributed by atoms with Crippen molar-refractivity contribution in [3.05, 3.63) is 92.7 Å². The summed E-state index contributed by atoms with van der Waals surface area (Å²) >= 11 is 2.47. The van der Waals surface area contributed by atoms with Crippen molar-refractivity contribution in [1.29, 1.82) is 0 Å². The van der Waals surface area contributed by atoms with Gasteiger partial charge in [-0.3, -0.25) is 19.0 Å². The lowest BCUT2D eigenvalue weighted by atomic mass is 10.1. The van der Waals surface area contributed by atoms with Gasteiger partial charge < -0.3 is 10.6 Å². The molecule has 5 rings (SSSR count). The second-order valence-corrected chi connectivity index (χ2v) is 10.4. The summed E-state index contributed by atoms with van der Waals surface area (Å²) in [6, 6.07) is 16.3. The number of para-hydroxylation sites is 1. The summed E-state index contributed by atoms with van der Waals surface area (Å²) in [5.74, 6) is -0.688. The van der Waals surface area contributed by atoms with Gasteiger partial charge in [0, 0.05) is 16.6 Å². The van der Waals surface area contributed by atoms with Gasteiger partial charge in [0.1, 0.15) is 10.9 Å². The Hall–Kier alpha value is -4.15. The van der Waals surface area contributed by atoms with Gasteiger partial charge in [-0.1, -0.05) is 48.5 Å². The first-order chi connectivity index (χ1) is 17.8. The standard InChI is InChI=1S/C27H23N5O3S2/c1-15-9-7-8-12-19(15)29-24(34)22-16(2)21-25(37-22)28-14-32(26(21)35)17(3)23(33)31-27-30-20(13-36-27)18-10-5-4-6-11-18/h4-14,17H,1-3H3,(H,29,34)(H,30,31,33). The van der Waals surface area contributed by atoms with E-state index in [1.807, 2.05) is 66.9 Å². The second kappa shape index (κ2) is 10.1. The fourth-order valence-corrected chi connectivity index (χ4v) is 5.69. The van der Waals surface area contributed by atoms with Gasteiger partial charge >= 0.3 is 0 Å². The molecule has 0 fully saturated rings. The lowest BCUT2D eigenvalue weighted by Gasteiger charge is -2.13. The number of nitrogens with zero attached hydrogens (tertiary/aromatic N) is 3. The molecule has 10 heteroatoms.